The summed E-state index contributed by atoms with van der Waals surface area (Å²) in [6.07, 6.45) is 0. The van der Waals surface area contributed by atoms with E-state index in [-0.39, 0.29) is 0 Å². The highest BCUT2D eigenvalue weighted by Gasteiger charge is 2.12. The summed E-state index contributed by atoms with van der Waals surface area (Å²) >= 11 is 0. The Morgan fingerprint density at radius 1 is 0.368 bits per heavy atom. The highest BCUT2D eigenvalue weighted by Crippen LogP contribution is 2.33. The van der Waals surface area contributed by atoms with Crippen LogP contribution in [0.4, 0.5) is 11.4 Å². The summed E-state index contributed by atoms with van der Waals surface area (Å²) in [6, 6.07) is 53.8. The molecule has 1 aromatic heterocycles. The topological polar surface area (TPSA) is 17.0 Å². The highest BCUT2D eigenvalue weighted by atomic mass is 15.0. The van der Waals surface area contributed by atoms with E-state index in [9.17, 15) is 0 Å². The van der Waals surface area contributed by atoms with Crippen LogP contribution in [0.25, 0.3) is 49.7 Å². The molecule has 7 rings (SSSR count). The molecule has 2 heteroatoms. The minimum absolute atomic E-state index is 1.07. The van der Waals surface area contributed by atoms with Crippen LogP contribution in [-0.4, -0.2) is 4.57 Å². The van der Waals surface area contributed by atoms with Crippen LogP contribution >= 0.6 is 0 Å². The first kappa shape index (κ1) is 22.1. The van der Waals surface area contributed by atoms with Crippen LogP contribution in [0.15, 0.2) is 152 Å². The quantitative estimate of drug-likeness (QED) is 0.256. The maximum atomic E-state index is 3.53. The fourth-order valence-corrected chi connectivity index (χ4v) is 5.31. The lowest BCUT2D eigenvalue weighted by molar-refractivity contribution is 1.18. The Kier molecular flexibility index (Phi) is 5.49. The number of nitrogens with one attached hydrogen (secondary N) is 1. The molecule has 0 bridgehead atoms. The van der Waals surface area contributed by atoms with Crippen LogP contribution in [0.2, 0.25) is 0 Å². The summed E-state index contributed by atoms with van der Waals surface area (Å²) in [6.45, 7) is 0. The molecular weight excluding hydrogens is 460 g/mol. The zero-order chi connectivity index (χ0) is 25.3. The van der Waals surface area contributed by atoms with Gasteiger partial charge in [-0.25, -0.2) is 0 Å². The second-order valence-corrected chi connectivity index (χ2v) is 9.57. The van der Waals surface area contributed by atoms with Crippen molar-refractivity contribution in [2.24, 2.45) is 0 Å². The third-order valence-corrected chi connectivity index (χ3v) is 7.18. The first-order chi connectivity index (χ1) is 18.8. The van der Waals surface area contributed by atoms with E-state index in [0.29, 0.717) is 0 Å². The van der Waals surface area contributed by atoms with Gasteiger partial charge in [-0.05, 0) is 70.8 Å². The van der Waals surface area contributed by atoms with Gasteiger partial charge in [-0.1, -0.05) is 103 Å². The maximum absolute atomic E-state index is 3.53. The van der Waals surface area contributed by atoms with Crippen LogP contribution in [-0.2, 0) is 0 Å². The van der Waals surface area contributed by atoms with Gasteiger partial charge in [0.15, 0.2) is 0 Å². The fraction of sp³-hybridized carbons (Fsp3) is 0. The molecule has 1 heterocycles. The number of para-hydroxylation sites is 2. The summed E-state index contributed by atoms with van der Waals surface area (Å²) in [5.74, 6) is 0. The number of nitrogens with zero attached hydrogens (tertiary/aromatic N) is 1. The number of benzene rings is 6. The number of aromatic nitrogens is 1. The van der Waals surface area contributed by atoms with Crippen LogP contribution in [0.5, 0.6) is 0 Å². The van der Waals surface area contributed by atoms with Crippen molar-refractivity contribution < 1.29 is 0 Å². The summed E-state index contributed by atoms with van der Waals surface area (Å²) in [4.78, 5) is 0. The molecule has 0 amide bonds. The van der Waals surface area contributed by atoms with Gasteiger partial charge in [-0.15, -0.1) is 0 Å². The molecule has 2 nitrogen and oxygen atoms in total. The smallest absolute Gasteiger partial charge is 0.0541 e. The Balaban J connectivity index is 1.17. The van der Waals surface area contributed by atoms with Crippen molar-refractivity contribution in [1.29, 1.82) is 0 Å². The first-order valence-electron chi connectivity index (χ1n) is 13.0. The van der Waals surface area contributed by atoms with Crippen molar-refractivity contribution in [1.82, 2.24) is 4.57 Å². The predicted molar refractivity (Wildman–Crippen MR) is 161 cm³/mol. The van der Waals surface area contributed by atoms with E-state index >= 15 is 0 Å². The lowest BCUT2D eigenvalue weighted by atomic mass is 10.0. The molecule has 7 aromatic rings. The molecule has 0 saturated carbocycles. The SMILES string of the molecule is c1ccc(-c2ccc(Nc3ccc(-c4cccc(-n5c6ccccc6c6ccccc65)c4)cc3)cc2)cc1. The maximum Gasteiger partial charge on any atom is 0.0541 e. The van der Waals surface area contributed by atoms with Gasteiger partial charge in [0.25, 0.3) is 0 Å². The fourth-order valence-electron chi connectivity index (χ4n) is 5.31. The third-order valence-electron chi connectivity index (χ3n) is 7.18. The molecule has 0 atom stereocenters. The number of anilines is 2. The Hall–Kier alpha value is -5.08. The lowest BCUT2D eigenvalue weighted by Crippen LogP contribution is -1.94. The molecule has 0 aliphatic rings. The number of rotatable bonds is 5. The number of hydrogen-bond acceptors (Lipinski definition) is 1. The van der Waals surface area contributed by atoms with Gasteiger partial charge in [-0.2, -0.15) is 0 Å². The van der Waals surface area contributed by atoms with Crippen molar-refractivity contribution in [2.75, 3.05) is 5.32 Å². The van der Waals surface area contributed by atoms with E-state index in [2.05, 4.69) is 155 Å². The van der Waals surface area contributed by atoms with Crippen LogP contribution in [0.1, 0.15) is 0 Å². The number of fused-ring (bicyclic) bond motifs is 3. The van der Waals surface area contributed by atoms with Crippen LogP contribution in [0.3, 0.4) is 0 Å². The van der Waals surface area contributed by atoms with Crippen molar-refractivity contribution in [3.63, 3.8) is 0 Å². The largest absolute Gasteiger partial charge is 0.356 e. The average Bonchev–Trinajstić information content (AvgIpc) is 3.33. The van der Waals surface area contributed by atoms with Crippen molar-refractivity contribution >= 4 is 33.2 Å². The molecule has 38 heavy (non-hydrogen) atoms. The van der Waals surface area contributed by atoms with Gasteiger partial charge < -0.3 is 9.88 Å². The minimum Gasteiger partial charge on any atom is -0.356 e. The second kappa shape index (κ2) is 9.42. The average molecular weight is 487 g/mol. The van der Waals surface area contributed by atoms with Gasteiger partial charge in [-0.3, -0.25) is 0 Å². The Labute approximate surface area is 222 Å². The molecule has 0 saturated heterocycles. The van der Waals surface area contributed by atoms with E-state index in [4.69, 9.17) is 0 Å². The van der Waals surface area contributed by atoms with Gasteiger partial charge >= 0.3 is 0 Å². The molecule has 180 valence electrons. The lowest BCUT2D eigenvalue weighted by Gasteiger charge is -2.11. The standard InChI is InChI=1S/C36H26N2/c1-2-9-26(10-3-1)27-17-21-30(22-18-27)37-31-23-19-28(20-24-31)29-11-8-12-32(25-29)38-35-15-6-4-13-33(35)34-14-5-7-16-36(34)38/h1-25,37H. The van der Waals surface area contributed by atoms with Crippen molar-refractivity contribution in [2.45, 2.75) is 0 Å². The molecule has 0 spiro atoms. The molecule has 0 aliphatic heterocycles. The monoisotopic (exact) mass is 486 g/mol. The molecule has 0 unspecified atom stereocenters. The van der Waals surface area contributed by atoms with Crippen LogP contribution < -0.4 is 5.32 Å². The zero-order valence-electron chi connectivity index (χ0n) is 20.9. The minimum atomic E-state index is 1.07. The molecule has 1 N–H and O–H groups in total. The predicted octanol–water partition coefficient (Wildman–Crippen LogP) is 9.86. The highest BCUT2D eigenvalue weighted by molar-refractivity contribution is 6.09. The van der Waals surface area contributed by atoms with Gasteiger partial charge in [0.1, 0.15) is 0 Å². The van der Waals surface area contributed by atoms with Crippen molar-refractivity contribution in [3.05, 3.63) is 152 Å². The second-order valence-electron chi connectivity index (χ2n) is 9.57. The molecule has 0 aliphatic carbocycles. The van der Waals surface area contributed by atoms with Gasteiger partial charge in [0, 0.05) is 27.8 Å². The molecule has 0 radical (unpaired) electrons. The first-order valence-corrected chi connectivity index (χ1v) is 13.0. The van der Waals surface area contributed by atoms with E-state index in [0.717, 1.165) is 11.4 Å². The van der Waals surface area contributed by atoms with Gasteiger partial charge in [0.2, 0.25) is 0 Å². The zero-order valence-corrected chi connectivity index (χ0v) is 20.9. The van der Waals surface area contributed by atoms with Gasteiger partial charge in [0.05, 0.1) is 11.0 Å². The van der Waals surface area contributed by atoms with Crippen molar-refractivity contribution in [3.8, 4) is 27.9 Å². The Bertz CT molecular complexity index is 1810. The molecule has 6 aromatic carbocycles. The van der Waals surface area contributed by atoms with E-state index in [1.54, 1.807) is 0 Å². The third kappa shape index (κ3) is 4.03. The van der Waals surface area contributed by atoms with Crippen LogP contribution in [0, 0.1) is 0 Å². The van der Waals surface area contributed by atoms with E-state index < -0.39 is 0 Å². The molecular formula is C36H26N2. The summed E-state index contributed by atoms with van der Waals surface area (Å²) in [7, 11) is 0. The summed E-state index contributed by atoms with van der Waals surface area (Å²) in [5, 5.41) is 6.09. The number of hydrogen-bond donors (Lipinski definition) is 1. The van der Waals surface area contributed by atoms with E-state index in [1.807, 2.05) is 6.07 Å². The summed E-state index contributed by atoms with van der Waals surface area (Å²) in [5.41, 5.74) is 10.6. The normalized spacial score (nSPS) is 11.2. The Morgan fingerprint density at radius 2 is 0.842 bits per heavy atom. The summed E-state index contributed by atoms with van der Waals surface area (Å²) < 4.78 is 2.36. The van der Waals surface area contributed by atoms with E-state index in [1.165, 1.54) is 49.7 Å². The molecule has 0 fully saturated rings. The Morgan fingerprint density at radius 3 is 1.45 bits per heavy atom.